The topological polar surface area (TPSA) is 58.6 Å². The number of aliphatic hydroxyl groups is 1. The first kappa shape index (κ1) is 12.9. The average Bonchev–Trinajstić information content (AvgIpc) is 2.15. The number of ether oxygens (including phenoxy) is 1. The monoisotopic (exact) mass is 253 g/mol. The molecule has 0 aromatic heterocycles. The molecule has 0 aliphatic carbocycles. The van der Waals surface area contributed by atoms with E-state index < -0.39 is 0 Å². The molecule has 0 rings (SSSR count). The number of rotatable bonds is 6. The second-order valence-corrected chi connectivity index (χ2v) is 3.82. The van der Waals surface area contributed by atoms with Crippen LogP contribution < -0.4 is 5.32 Å². The minimum Gasteiger partial charge on any atom is -0.468 e. The quantitative estimate of drug-likeness (QED) is 0.528. The highest BCUT2D eigenvalue weighted by Gasteiger charge is 2.14. The number of methoxy groups -OCH3 is 1. The van der Waals surface area contributed by atoms with Crippen LogP contribution in [-0.2, 0) is 9.53 Å². The van der Waals surface area contributed by atoms with Crippen molar-refractivity contribution in [3.63, 3.8) is 0 Å². The zero-order valence-electron chi connectivity index (χ0n) is 7.92. The van der Waals surface area contributed by atoms with Crippen molar-refractivity contribution in [2.24, 2.45) is 0 Å². The molecule has 2 atom stereocenters. The molecule has 2 unspecified atom stereocenters. The molecule has 0 bridgehead atoms. The van der Waals surface area contributed by atoms with E-state index in [1.165, 1.54) is 7.11 Å². The van der Waals surface area contributed by atoms with Gasteiger partial charge in [-0.1, -0.05) is 22.9 Å². The Bertz CT molecular complexity index is 154. The number of hydrogen-bond donors (Lipinski definition) is 2. The van der Waals surface area contributed by atoms with Gasteiger partial charge in [-0.2, -0.15) is 0 Å². The summed E-state index contributed by atoms with van der Waals surface area (Å²) in [5, 5.41) is 12.1. The number of hydrogen-bond acceptors (Lipinski definition) is 4. The van der Waals surface area contributed by atoms with E-state index in [0.717, 1.165) is 0 Å². The maximum atomic E-state index is 10.9. The maximum Gasteiger partial charge on any atom is 0.320 e. The number of carbonyl (C=O) groups is 1. The summed E-state index contributed by atoms with van der Waals surface area (Å²) in [7, 11) is 1.34. The van der Waals surface area contributed by atoms with Crippen LogP contribution >= 0.6 is 15.9 Å². The van der Waals surface area contributed by atoms with Crippen LogP contribution in [-0.4, -0.2) is 42.2 Å². The number of alkyl halides is 1. The molecule has 0 aliphatic rings. The van der Waals surface area contributed by atoms with Crippen molar-refractivity contribution in [1.82, 2.24) is 5.32 Å². The molecule has 0 aromatic rings. The maximum absolute atomic E-state index is 10.9. The van der Waals surface area contributed by atoms with Crippen LogP contribution in [0.5, 0.6) is 0 Å². The first-order valence-corrected chi connectivity index (χ1v) is 5.14. The average molecular weight is 254 g/mol. The number of carbonyl (C=O) groups excluding carboxylic acids is 1. The fourth-order valence-corrected chi connectivity index (χ4v) is 1.15. The van der Waals surface area contributed by atoms with Gasteiger partial charge in [0.15, 0.2) is 0 Å². The fourth-order valence-electron chi connectivity index (χ4n) is 0.732. The van der Waals surface area contributed by atoms with Crippen molar-refractivity contribution in [2.45, 2.75) is 24.3 Å². The van der Waals surface area contributed by atoms with Crippen molar-refractivity contribution in [1.29, 1.82) is 0 Å². The van der Waals surface area contributed by atoms with Gasteiger partial charge in [0.1, 0.15) is 4.83 Å². The van der Waals surface area contributed by atoms with Crippen LogP contribution in [0.15, 0.2) is 0 Å². The van der Waals surface area contributed by atoms with Gasteiger partial charge >= 0.3 is 5.97 Å². The number of aliphatic hydroxyl groups excluding tert-OH is 1. The van der Waals surface area contributed by atoms with E-state index in [0.29, 0.717) is 19.5 Å². The summed E-state index contributed by atoms with van der Waals surface area (Å²) in [5.74, 6) is -0.307. The zero-order chi connectivity index (χ0) is 10.3. The third-order valence-electron chi connectivity index (χ3n) is 1.63. The second-order valence-electron chi connectivity index (χ2n) is 2.71. The predicted molar refractivity (Wildman–Crippen MR) is 53.9 cm³/mol. The first-order chi connectivity index (χ1) is 6.11. The van der Waals surface area contributed by atoms with Gasteiger partial charge in [0, 0.05) is 13.1 Å². The highest BCUT2D eigenvalue weighted by Crippen LogP contribution is 1.99. The zero-order valence-corrected chi connectivity index (χ0v) is 9.50. The van der Waals surface area contributed by atoms with E-state index in [1.807, 2.05) is 6.92 Å². The summed E-state index contributed by atoms with van der Waals surface area (Å²) in [6.45, 7) is 2.86. The van der Waals surface area contributed by atoms with Gasteiger partial charge in [-0.05, 0) is 6.42 Å². The van der Waals surface area contributed by atoms with Gasteiger partial charge in [-0.25, -0.2) is 0 Å². The van der Waals surface area contributed by atoms with E-state index in [9.17, 15) is 9.90 Å². The van der Waals surface area contributed by atoms with Crippen molar-refractivity contribution < 1.29 is 14.6 Å². The van der Waals surface area contributed by atoms with Crippen molar-refractivity contribution >= 4 is 21.9 Å². The largest absolute Gasteiger partial charge is 0.468 e. The number of halogens is 1. The molecule has 0 radical (unpaired) electrons. The Balaban J connectivity index is 3.47. The molecule has 0 heterocycles. The minimum absolute atomic E-state index is 0.307. The number of nitrogens with one attached hydrogen (secondary N) is 1. The highest BCUT2D eigenvalue weighted by molar-refractivity contribution is 9.10. The van der Waals surface area contributed by atoms with Crippen molar-refractivity contribution in [2.75, 3.05) is 20.2 Å². The third-order valence-corrected chi connectivity index (χ3v) is 2.33. The molecule has 0 fully saturated rings. The Morgan fingerprint density at radius 2 is 2.23 bits per heavy atom. The lowest BCUT2D eigenvalue weighted by Crippen LogP contribution is -2.34. The van der Waals surface area contributed by atoms with Crippen LogP contribution in [0, 0.1) is 0 Å². The van der Waals surface area contributed by atoms with Crippen molar-refractivity contribution in [3.05, 3.63) is 0 Å². The van der Waals surface area contributed by atoms with Crippen molar-refractivity contribution in [3.8, 4) is 0 Å². The molecule has 0 saturated carbocycles. The molecule has 0 aromatic carbocycles. The van der Waals surface area contributed by atoms with E-state index >= 15 is 0 Å². The molecule has 13 heavy (non-hydrogen) atoms. The standard InChI is InChI=1S/C8H16BrNO3/c1-3-6(11)4-10-5-7(9)8(12)13-2/h6-7,10-11H,3-5H2,1-2H3. The third kappa shape index (κ3) is 6.01. The number of esters is 1. The Labute approximate surface area is 86.8 Å². The van der Waals surface area contributed by atoms with Crippen LogP contribution in [0.1, 0.15) is 13.3 Å². The van der Waals surface area contributed by atoms with Gasteiger partial charge < -0.3 is 15.2 Å². The van der Waals surface area contributed by atoms with Gasteiger partial charge in [0.2, 0.25) is 0 Å². The smallest absolute Gasteiger partial charge is 0.320 e. The van der Waals surface area contributed by atoms with Crippen LogP contribution in [0.4, 0.5) is 0 Å². The van der Waals surface area contributed by atoms with E-state index in [4.69, 9.17) is 0 Å². The fraction of sp³-hybridized carbons (Fsp3) is 0.875. The van der Waals surface area contributed by atoms with Crippen LogP contribution in [0.2, 0.25) is 0 Å². The second kappa shape index (κ2) is 7.29. The van der Waals surface area contributed by atoms with Gasteiger partial charge in [0.25, 0.3) is 0 Å². The summed E-state index contributed by atoms with van der Waals surface area (Å²) in [5.41, 5.74) is 0. The minimum atomic E-state index is -0.350. The molecule has 4 nitrogen and oxygen atoms in total. The summed E-state index contributed by atoms with van der Waals surface area (Å²) < 4.78 is 4.51. The molecule has 5 heteroatoms. The first-order valence-electron chi connectivity index (χ1n) is 4.22. The van der Waals surface area contributed by atoms with E-state index in [1.54, 1.807) is 0 Å². The molecule has 0 amide bonds. The summed E-state index contributed by atoms with van der Waals surface area (Å²) in [6.07, 6.45) is 0.357. The SMILES string of the molecule is CCC(O)CNCC(Br)C(=O)OC. The van der Waals surface area contributed by atoms with Gasteiger partial charge in [0.05, 0.1) is 13.2 Å². The Morgan fingerprint density at radius 1 is 1.62 bits per heavy atom. The molecular formula is C8H16BrNO3. The summed E-state index contributed by atoms with van der Waals surface area (Å²) >= 11 is 3.16. The predicted octanol–water partition coefficient (Wildman–Crippen LogP) is 0.283. The molecule has 0 aliphatic heterocycles. The molecule has 2 N–H and O–H groups in total. The Kier molecular flexibility index (Phi) is 7.22. The van der Waals surface area contributed by atoms with E-state index in [2.05, 4.69) is 26.0 Å². The van der Waals surface area contributed by atoms with E-state index in [-0.39, 0.29) is 16.9 Å². The Morgan fingerprint density at radius 3 is 2.69 bits per heavy atom. The molecule has 78 valence electrons. The molecular weight excluding hydrogens is 238 g/mol. The van der Waals surface area contributed by atoms with Gasteiger partial charge in [-0.3, -0.25) is 4.79 Å². The normalized spacial score (nSPS) is 15.1. The Hall–Kier alpha value is -0.130. The van der Waals surface area contributed by atoms with Crippen LogP contribution in [0.25, 0.3) is 0 Å². The highest BCUT2D eigenvalue weighted by atomic mass is 79.9. The molecule has 0 saturated heterocycles. The van der Waals surface area contributed by atoms with Gasteiger partial charge in [-0.15, -0.1) is 0 Å². The molecule has 0 spiro atoms. The lowest BCUT2D eigenvalue weighted by atomic mass is 10.3. The van der Waals surface area contributed by atoms with Crippen LogP contribution in [0.3, 0.4) is 0 Å². The lowest BCUT2D eigenvalue weighted by Gasteiger charge is -2.11. The lowest BCUT2D eigenvalue weighted by molar-refractivity contribution is -0.139. The summed E-state index contributed by atoms with van der Waals surface area (Å²) in [4.78, 5) is 10.5. The summed E-state index contributed by atoms with van der Waals surface area (Å²) in [6, 6.07) is 0.